The van der Waals surface area contributed by atoms with Crippen LogP contribution in [0, 0.1) is 0 Å². The van der Waals surface area contributed by atoms with Gasteiger partial charge in [0.15, 0.2) is 0 Å². The van der Waals surface area contributed by atoms with E-state index < -0.39 is 0 Å². The SMILES string of the molecule is C=C1OCCS1.CC. The first-order valence-corrected chi connectivity index (χ1v) is 3.82. The molecule has 1 saturated heterocycles. The highest BCUT2D eigenvalue weighted by Crippen LogP contribution is 2.20. The third kappa shape index (κ3) is 2.97. The molecule has 0 radical (unpaired) electrons. The van der Waals surface area contributed by atoms with Gasteiger partial charge >= 0.3 is 0 Å². The summed E-state index contributed by atoms with van der Waals surface area (Å²) in [5.74, 6) is 1.08. The summed E-state index contributed by atoms with van der Waals surface area (Å²) >= 11 is 1.68. The Morgan fingerprint density at radius 2 is 2.25 bits per heavy atom. The van der Waals surface area contributed by atoms with E-state index in [1.165, 1.54) is 0 Å². The van der Waals surface area contributed by atoms with Crippen molar-refractivity contribution in [1.82, 2.24) is 0 Å². The first-order chi connectivity index (χ1) is 3.89. The number of rotatable bonds is 0. The summed E-state index contributed by atoms with van der Waals surface area (Å²) in [6.45, 7) is 8.45. The van der Waals surface area contributed by atoms with Crippen LogP contribution in [0.4, 0.5) is 0 Å². The topological polar surface area (TPSA) is 9.23 Å². The summed E-state index contributed by atoms with van der Waals surface area (Å²) in [4.78, 5) is 0. The monoisotopic (exact) mass is 132 g/mol. The lowest BCUT2D eigenvalue weighted by Crippen LogP contribution is -1.77. The summed E-state index contributed by atoms with van der Waals surface area (Å²) in [5, 5.41) is 0.870. The van der Waals surface area contributed by atoms with Gasteiger partial charge in [-0.2, -0.15) is 0 Å². The van der Waals surface area contributed by atoms with Gasteiger partial charge in [0.2, 0.25) is 0 Å². The zero-order valence-corrected chi connectivity index (χ0v) is 6.25. The molecule has 0 amide bonds. The highest BCUT2D eigenvalue weighted by molar-refractivity contribution is 8.03. The van der Waals surface area contributed by atoms with Crippen molar-refractivity contribution in [2.75, 3.05) is 12.4 Å². The first kappa shape index (κ1) is 7.89. The molecular weight excluding hydrogens is 120 g/mol. The molecule has 1 aliphatic heterocycles. The van der Waals surface area contributed by atoms with E-state index in [0.29, 0.717) is 0 Å². The molecule has 48 valence electrons. The van der Waals surface area contributed by atoms with Crippen LogP contribution in [0.1, 0.15) is 13.8 Å². The smallest absolute Gasteiger partial charge is 0.146 e. The fourth-order valence-corrected chi connectivity index (χ4v) is 0.914. The quantitative estimate of drug-likeness (QED) is 0.500. The Morgan fingerprint density at radius 1 is 1.62 bits per heavy atom. The highest BCUT2D eigenvalue weighted by atomic mass is 32.2. The number of hydrogen-bond donors (Lipinski definition) is 0. The van der Waals surface area contributed by atoms with Crippen molar-refractivity contribution in [2.24, 2.45) is 0 Å². The van der Waals surface area contributed by atoms with E-state index in [2.05, 4.69) is 6.58 Å². The van der Waals surface area contributed by atoms with E-state index in [1.807, 2.05) is 13.8 Å². The molecule has 0 bridgehead atoms. The zero-order chi connectivity index (χ0) is 6.41. The Kier molecular flexibility index (Phi) is 4.97. The lowest BCUT2D eigenvalue weighted by molar-refractivity contribution is 0.276. The molecule has 0 unspecified atom stereocenters. The van der Waals surface area contributed by atoms with E-state index in [1.54, 1.807) is 11.8 Å². The normalized spacial score (nSPS) is 16.5. The lowest BCUT2D eigenvalue weighted by atomic mass is 10.9. The summed E-state index contributed by atoms with van der Waals surface area (Å²) < 4.78 is 4.92. The van der Waals surface area contributed by atoms with Gasteiger partial charge in [-0.05, 0) is 6.58 Å². The fraction of sp³-hybridized carbons (Fsp3) is 0.667. The second kappa shape index (κ2) is 5.04. The van der Waals surface area contributed by atoms with E-state index in [-0.39, 0.29) is 0 Å². The Labute approximate surface area is 55.1 Å². The van der Waals surface area contributed by atoms with Gasteiger partial charge in [-0.3, -0.25) is 0 Å². The van der Waals surface area contributed by atoms with Crippen LogP contribution in [0.5, 0.6) is 0 Å². The molecule has 1 nitrogen and oxygen atoms in total. The summed E-state index contributed by atoms with van der Waals surface area (Å²) in [7, 11) is 0. The molecule has 1 aliphatic rings. The minimum absolute atomic E-state index is 0.851. The molecule has 0 aliphatic carbocycles. The van der Waals surface area contributed by atoms with Crippen molar-refractivity contribution < 1.29 is 4.74 Å². The largest absolute Gasteiger partial charge is 0.487 e. The Bertz CT molecular complexity index is 62.9. The molecule has 0 saturated carbocycles. The van der Waals surface area contributed by atoms with E-state index in [9.17, 15) is 0 Å². The maximum absolute atomic E-state index is 4.92. The van der Waals surface area contributed by atoms with Crippen LogP contribution in [0.2, 0.25) is 0 Å². The fourth-order valence-electron chi connectivity index (χ4n) is 0.353. The van der Waals surface area contributed by atoms with Crippen LogP contribution in [-0.2, 0) is 4.74 Å². The van der Waals surface area contributed by atoms with E-state index >= 15 is 0 Å². The lowest BCUT2D eigenvalue weighted by Gasteiger charge is -1.86. The second-order valence-corrected chi connectivity index (χ2v) is 2.22. The summed E-state index contributed by atoms with van der Waals surface area (Å²) in [6.07, 6.45) is 0. The molecule has 0 spiro atoms. The van der Waals surface area contributed by atoms with Crippen LogP contribution >= 0.6 is 11.8 Å². The number of hydrogen-bond acceptors (Lipinski definition) is 2. The van der Waals surface area contributed by atoms with Gasteiger partial charge in [-0.1, -0.05) is 25.6 Å². The third-order valence-electron chi connectivity index (χ3n) is 0.609. The van der Waals surface area contributed by atoms with Gasteiger partial charge < -0.3 is 4.74 Å². The van der Waals surface area contributed by atoms with Crippen molar-refractivity contribution in [3.63, 3.8) is 0 Å². The van der Waals surface area contributed by atoms with Gasteiger partial charge in [-0.25, -0.2) is 0 Å². The van der Waals surface area contributed by atoms with Crippen LogP contribution in [0.3, 0.4) is 0 Å². The van der Waals surface area contributed by atoms with Crippen LogP contribution < -0.4 is 0 Å². The molecule has 0 atom stereocenters. The van der Waals surface area contributed by atoms with Crippen molar-refractivity contribution in [2.45, 2.75) is 13.8 Å². The van der Waals surface area contributed by atoms with Crippen LogP contribution in [0.25, 0.3) is 0 Å². The molecule has 1 heterocycles. The summed E-state index contributed by atoms with van der Waals surface area (Å²) in [6, 6.07) is 0. The Balaban J connectivity index is 0.000000222. The maximum atomic E-state index is 4.92. The van der Waals surface area contributed by atoms with Gasteiger partial charge in [0.25, 0.3) is 0 Å². The molecule has 0 N–H and O–H groups in total. The molecular formula is C6H12OS. The predicted octanol–water partition coefficient (Wildman–Crippen LogP) is 2.25. The molecule has 0 aromatic heterocycles. The number of ether oxygens (including phenoxy) is 1. The summed E-state index contributed by atoms with van der Waals surface area (Å²) in [5.41, 5.74) is 0. The maximum Gasteiger partial charge on any atom is 0.146 e. The van der Waals surface area contributed by atoms with Gasteiger partial charge in [0.1, 0.15) is 5.09 Å². The van der Waals surface area contributed by atoms with Gasteiger partial charge in [-0.15, -0.1) is 0 Å². The molecule has 8 heavy (non-hydrogen) atoms. The predicted molar refractivity (Wildman–Crippen MR) is 38.9 cm³/mol. The molecule has 1 fully saturated rings. The average molecular weight is 132 g/mol. The minimum Gasteiger partial charge on any atom is -0.487 e. The van der Waals surface area contributed by atoms with Crippen molar-refractivity contribution in [3.8, 4) is 0 Å². The zero-order valence-electron chi connectivity index (χ0n) is 5.44. The number of thioether (sulfide) groups is 1. The van der Waals surface area contributed by atoms with E-state index in [0.717, 1.165) is 17.5 Å². The molecule has 0 aromatic rings. The van der Waals surface area contributed by atoms with Crippen LogP contribution in [-0.4, -0.2) is 12.4 Å². The molecule has 0 aromatic carbocycles. The third-order valence-corrected chi connectivity index (χ3v) is 1.42. The standard InChI is InChI=1S/C4H6OS.C2H6/c1-4-5-2-3-6-4;1-2/h1-3H2;1-2H3. The molecule has 2 heteroatoms. The second-order valence-electron chi connectivity index (χ2n) is 1.07. The minimum atomic E-state index is 0.851. The Morgan fingerprint density at radius 3 is 2.38 bits per heavy atom. The highest BCUT2D eigenvalue weighted by Gasteiger charge is 2.02. The molecule has 1 rings (SSSR count). The van der Waals surface area contributed by atoms with Crippen molar-refractivity contribution in [1.29, 1.82) is 0 Å². The van der Waals surface area contributed by atoms with Gasteiger partial charge in [0, 0.05) is 5.75 Å². The van der Waals surface area contributed by atoms with Crippen molar-refractivity contribution in [3.05, 3.63) is 11.7 Å². The Hall–Kier alpha value is -0.110. The average Bonchev–Trinajstić information content (AvgIpc) is 2.24. The van der Waals surface area contributed by atoms with E-state index in [4.69, 9.17) is 4.74 Å². The van der Waals surface area contributed by atoms with Gasteiger partial charge in [0.05, 0.1) is 6.61 Å². The van der Waals surface area contributed by atoms with Crippen molar-refractivity contribution >= 4 is 11.8 Å². The first-order valence-electron chi connectivity index (χ1n) is 2.84. The van der Waals surface area contributed by atoms with Crippen LogP contribution in [0.15, 0.2) is 11.7 Å².